The zero-order chi connectivity index (χ0) is 22.3. The second kappa shape index (κ2) is 7.93. The van der Waals surface area contributed by atoms with Gasteiger partial charge in [-0.2, -0.15) is 0 Å². The number of aromatic carboxylic acids is 1. The number of carbonyl (C=O) groups excluding carboxylic acids is 1. The van der Waals surface area contributed by atoms with E-state index in [0.29, 0.717) is 22.0 Å². The van der Waals surface area contributed by atoms with E-state index in [1.807, 2.05) is 50.3 Å². The van der Waals surface area contributed by atoms with Gasteiger partial charge in [-0.25, -0.2) is 4.79 Å². The second-order valence-electron chi connectivity index (χ2n) is 7.34. The Labute approximate surface area is 184 Å². The molecule has 0 spiro atoms. The van der Waals surface area contributed by atoms with Crippen LogP contribution in [0.4, 0.5) is 11.4 Å². The number of benzene rings is 3. The first-order chi connectivity index (χ1) is 14.8. The van der Waals surface area contributed by atoms with Crippen LogP contribution in [0.5, 0.6) is 5.75 Å². The number of rotatable bonds is 4. The van der Waals surface area contributed by atoms with Crippen LogP contribution in [0.15, 0.2) is 54.6 Å². The molecule has 0 saturated heterocycles. The van der Waals surface area contributed by atoms with E-state index in [9.17, 15) is 19.8 Å². The smallest absolute Gasteiger partial charge is 0.339 e. The fraction of sp³-hybridized carbons (Fsp3) is 0.120. The van der Waals surface area contributed by atoms with Gasteiger partial charge < -0.3 is 10.2 Å². The average Bonchev–Trinajstić information content (AvgIpc) is 3.01. The van der Waals surface area contributed by atoms with Crippen molar-refractivity contribution >= 4 is 46.5 Å². The van der Waals surface area contributed by atoms with E-state index in [1.165, 1.54) is 23.1 Å². The number of hydrogen-bond acceptors (Lipinski definition) is 3. The molecule has 0 aliphatic carbocycles. The molecule has 0 radical (unpaired) electrons. The topological polar surface area (TPSA) is 77.8 Å². The largest absolute Gasteiger partial charge is 0.507 e. The molecule has 0 bridgehead atoms. The number of aromatic hydroxyl groups is 1. The Bertz CT molecular complexity index is 1260. The maximum absolute atomic E-state index is 13.6. The van der Waals surface area contributed by atoms with Crippen molar-refractivity contribution in [2.24, 2.45) is 0 Å². The summed E-state index contributed by atoms with van der Waals surface area (Å²) in [4.78, 5) is 26.3. The van der Waals surface area contributed by atoms with Crippen molar-refractivity contribution < 1.29 is 19.8 Å². The predicted molar refractivity (Wildman–Crippen MR) is 122 cm³/mol. The molecule has 5 nitrogen and oxygen atoms in total. The van der Waals surface area contributed by atoms with E-state index in [2.05, 4.69) is 0 Å². The molecule has 3 aromatic rings. The number of phenols is 1. The third-order valence-corrected chi connectivity index (χ3v) is 5.81. The van der Waals surface area contributed by atoms with Crippen LogP contribution >= 0.6 is 11.6 Å². The lowest BCUT2D eigenvalue weighted by Gasteiger charge is -2.18. The van der Waals surface area contributed by atoms with Crippen molar-refractivity contribution in [3.63, 3.8) is 0 Å². The van der Waals surface area contributed by atoms with Crippen LogP contribution < -0.4 is 4.90 Å². The molecule has 1 amide bonds. The van der Waals surface area contributed by atoms with Crippen LogP contribution in [-0.2, 0) is 11.2 Å². The molecule has 0 fully saturated rings. The maximum atomic E-state index is 13.6. The highest BCUT2D eigenvalue weighted by molar-refractivity contribution is 6.39. The summed E-state index contributed by atoms with van der Waals surface area (Å²) in [6.45, 7) is 3.96. The Morgan fingerprint density at radius 2 is 1.87 bits per heavy atom. The highest BCUT2D eigenvalue weighted by Gasteiger charge is 2.35. The lowest BCUT2D eigenvalue weighted by molar-refractivity contribution is -0.112. The Morgan fingerprint density at radius 1 is 1.13 bits per heavy atom. The summed E-state index contributed by atoms with van der Waals surface area (Å²) >= 11 is 6.46. The number of hydrogen-bond donors (Lipinski definition) is 2. The molecule has 0 aromatic heterocycles. The number of anilines is 2. The van der Waals surface area contributed by atoms with Crippen molar-refractivity contribution in [2.45, 2.75) is 20.3 Å². The van der Waals surface area contributed by atoms with Crippen molar-refractivity contribution in [1.82, 2.24) is 0 Å². The van der Waals surface area contributed by atoms with Gasteiger partial charge in [-0.15, -0.1) is 0 Å². The van der Waals surface area contributed by atoms with Gasteiger partial charge in [0.05, 0.1) is 16.9 Å². The van der Waals surface area contributed by atoms with Crippen LogP contribution in [-0.4, -0.2) is 22.1 Å². The number of carboxylic acids is 1. The Hall–Kier alpha value is -3.57. The molecule has 1 heterocycles. The molecule has 3 aromatic carbocycles. The van der Waals surface area contributed by atoms with Gasteiger partial charge >= 0.3 is 5.97 Å². The first-order valence-corrected chi connectivity index (χ1v) is 10.2. The van der Waals surface area contributed by atoms with Gasteiger partial charge in [0, 0.05) is 16.7 Å². The molecule has 6 heteroatoms. The number of halogens is 1. The first-order valence-electron chi connectivity index (χ1n) is 9.83. The molecule has 1 aliphatic rings. The third-order valence-electron chi connectivity index (χ3n) is 5.48. The van der Waals surface area contributed by atoms with E-state index in [0.717, 1.165) is 28.7 Å². The van der Waals surface area contributed by atoms with Gasteiger partial charge in [0.2, 0.25) is 0 Å². The van der Waals surface area contributed by atoms with Crippen LogP contribution in [0.2, 0.25) is 5.02 Å². The van der Waals surface area contributed by atoms with Gasteiger partial charge in [-0.05, 0) is 60.4 Å². The van der Waals surface area contributed by atoms with Gasteiger partial charge in [-0.3, -0.25) is 9.69 Å². The fourth-order valence-corrected chi connectivity index (χ4v) is 4.20. The van der Waals surface area contributed by atoms with Crippen LogP contribution in [0.3, 0.4) is 0 Å². The minimum Gasteiger partial charge on any atom is -0.507 e. The van der Waals surface area contributed by atoms with E-state index >= 15 is 0 Å². The number of fused-ring (bicyclic) bond motifs is 1. The van der Waals surface area contributed by atoms with Gasteiger partial charge in [0.15, 0.2) is 0 Å². The monoisotopic (exact) mass is 433 g/mol. The molecular formula is C25H20ClNO4. The van der Waals surface area contributed by atoms with E-state index in [-0.39, 0.29) is 11.5 Å². The number of amides is 1. The second-order valence-corrected chi connectivity index (χ2v) is 7.75. The van der Waals surface area contributed by atoms with Gasteiger partial charge in [0.25, 0.3) is 5.91 Å². The molecule has 2 N–H and O–H groups in total. The minimum absolute atomic E-state index is 0.223. The summed E-state index contributed by atoms with van der Waals surface area (Å²) in [6, 6.07) is 15.4. The molecule has 0 unspecified atom stereocenters. The van der Waals surface area contributed by atoms with Crippen molar-refractivity contribution in [3.8, 4) is 5.75 Å². The molecular weight excluding hydrogens is 414 g/mol. The maximum Gasteiger partial charge on any atom is 0.339 e. The van der Waals surface area contributed by atoms with Crippen molar-refractivity contribution in [1.29, 1.82) is 0 Å². The van der Waals surface area contributed by atoms with E-state index in [4.69, 9.17) is 11.6 Å². The Morgan fingerprint density at radius 3 is 2.55 bits per heavy atom. The van der Waals surface area contributed by atoms with Crippen LogP contribution in [0, 0.1) is 6.92 Å². The summed E-state index contributed by atoms with van der Waals surface area (Å²) in [5.41, 5.74) is 4.88. The molecule has 31 heavy (non-hydrogen) atoms. The summed E-state index contributed by atoms with van der Waals surface area (Å²) < 4.78 is 0. The molecule has 4 rings (SSSR count). The van der Waals surface area contributed by atoms with Crippen LogP contribution in [0.25, 0.3) is 11.6 Å². The normalized spacial score (nSPS) is 14.2. The minimum atomic E-state index is -1.24. The first kappa shape index (κ1) is 20.7. The summed E-state index contributed by atoms with van der Waals surface area (Å²) in [5, 5.41) is 19.9. The summed E-state index contributed by atoms with van der Waals surface area (Å²) in [7, 11) is 0. The van der Waals surface area contributed by atoms with Crippen LogP contribution in [0.1, 0.15) is 39.5 Å². The quantitative estimate of drug-likeness (QED) is 0.507. The predicted octanol–water partition coefficient (Wildman–Crippen LogP) is 5.83. The Balaban J connectivity index is 1.92. The highest BCUT2D eigenvalue weighted by Crippen LogP contribution is 2.45. The van der Waals surface area contributed by atoms with Gasteiger partial charge in [-0.1, -0.05) is 42.8 Å². The zero-order valence-corrected chi connectivity index (χ0v) is 17.8. The zero-order valence-electron chi connectivity index (χ0n) is 17.0. The number of carbonyl (C=O) groups is 2. The number of nitrogens with zero attached hydrogens (tertiary/aromatic N) is 1. The lowest BCUT2D eigenvalue weighted by Crippen LogP contribution is -2.20. The number of carboxylic acid groups (broad SMARTS) is 1. The molecule has 156 valence electrons. The Kier molecular flexibility index (Phi) is 5.29. The molecule has 0 saturated carbocycles. The molecule has 1 aliphatic heterocycles. The van der Waals surface area contributed by atoms with Crippen molar-refractivity contribution in [2.75, 3.05) is 4.90 Å². The van der Waals surface area contributed by atoms with E-state index in [1.54, 1.807) is 6.07 Å². The lowest BCUT2D eigenvalue weighted by atomic mass is 9.97. The van der Waals surface area contributed by atoms with Gasteiger partial charge in [0.1, 0.15) is 11.3 Å². The summed E-state index contributed by atoms with van der Waals surface area (Å²) in [6.07, 6.45) is 2.59. The van der Waals surface area contributed by atoms with E-state index < -0.39 is 11.7 Å². The van der Waals surface area contributed by atoms with Crippen molar-refractivity contribution in [3.05, 3.63) is 87.4 Å². The fourth-order valence-electron chi connectivity index (χ4n) is 3.95. The third kappa shape index (κ3) is 3.47. The highest BCUT2D eigenvalue weighted by atomic mass is 35.5. The standard InChI is InChI=1S/C25H20ClNO4/c1-3-15-7-5-8-20(26)18(15)13-19-23-14(2)6-4-9-21(23)27(24(19)29)16-10-11-17(25(30)31)22(28)12-16/h4-13,28H,3H2,1-2H3,(H,30,31)/b19-13+. The summed E-state index contributed by atoms with van der Waals surface area (Å²) in [5.74, 6) is -1.91. The molecule has 0 atom stereocenters. The number of aryl methyl sites for hydroxylation is 2. The average molecular weight is 434 g/mol. The SMILES string of the molecule is CCc1cccc(Cl)c1/C=C1/C(=O)N(c2ccc(C(=O)O)c(O)c2)c2cccc(C)c21.